The summed E-state index contributed by atoms with van der Waals surface area (Å²) in [5.74, 6) is -1.49. The molecular formula is C34H27FN4O3S. The lowest BCUT2D eigenvalue weighted by Gasteiger charge is -2.24. The fourth-order valence-corrected chi connectivity index (χ4v) is 7.08. The molecule has 7 nitrogen and oxygen atoms in total. The number of carbonyl (C=O) groups excluding carboxylic acids is 3. The summed E-state index contributed by atoms with van der Waals surface area (Å²) in [7, 11) is 0. The Morgan fingerprint density at radius 3 is 2.40 bits per heavy atom. The number of hydrogen-bond donors (Lipinski definition) is 1. The third-order valence-corrected chi connectivity index (χ3v) is 9.17. The molecule has 0 bridgehead atoms. The maximum Gasteiger partial charge on any atom is 0.261 e. The molecule has 1 unspecified atom stereocenters. The second-order valence-electron chi connectivity index (χ2n) is 10.8. The van der Waals surface area contributed by atoms with E-state index < -0.39 is 23.7 Å². The van der Waals surface area contributed by atoms with Gasteiger partial charge in [0.05, 0.1) is 33.9 Å². The topological polar surface area (TPSA) is 84.3 Å². The summed E-state index contributed by atoms with van der Waals surface area (Å²) in [5, 5.41) is 7.72. The number of aryl methyl sites for hydroxylation is 2. The van der Waals surface area contributed by atoms with E-state index in [1.807, 2.05) is 35.1 Å². The van der Waals surface area contributed by atoms with E-state index >= 15 is 0 Å². The number of rotatable bonds is 7. The van der Waals surface area contributed by atoms with Gasteiger partial charge in [0.2, 0.25) is 0 Å². The number of halogens is 1. The van der Waals surface area contributed by atoms with Gasteiger partial charge >= 0.3 is 0 Å². The van der Waals surface area contributed by atoms with E-state index in [0.29, 0.717) is 21.6 Å². The third-order valence-electron chi connectivity index (χ3n) is 7.97. The van der Waals surface area contributed by atoms with Crippen LogP contribution in [0, 0.1) is 5.82 Å². The molecule has 0 radical (unpaired) electrons. The summed E-state index contributed by atoms with van der Waals surface area (Å²) < 4.78 is 16.1. The summed E-state index contributed by atoms with van der Waals surface area (Å²) in [6, 6.07) is 24.2. The Bertz CT molecular complexity index is 1840. The van der Waals surface area contributed by atoms with Crippen LogP contribution in [-0.2, 0) is 19.4 Å². The summed E-state index contributed by atoms with van der Waals surface area (Å²) in [4.78, 5) is 42.9. The van der Waals surface area contributed by atoms with Crippen LogP contribution >= 0.6 is 11.3 Å². The van der Waals surface area contributed by atoms with Crippen molar-refractivity contribution in [3.8, 4) is 22.4 Å². The van der Waals surface area contributed by atoms with Crippen molar-refractivity contribution < 1.29 is 18.8 Å². The summed E-state index contributed by atoms with van der Waals surface area (Å²) in [6.07, 6.45) is 3.85. The van der Waals surface area contributed by atoms with Crippen molar-refractivity contribution in [1.29, 1.82) is 0 Å². The Morgan fingerprint density at radius 1 is 0.907 bits per heavy atom. The second kappa shape index (κ2) is 11.1. The first kappa shape index (κ1) is 27.0. The molecule has 7 rings (SSSR count). The van der Waals surface area contributed by atoms with Gasteiger partial charge < -0.3 is 5.32 Å². The minimum Gasteiger partial charge on any atom is -0.346 e. The number of imide groups is 1. The highest BCUT2D eigenvalue weighted by Crippen LogP contribution is 2.40. The lowest BCUT2D eigenvalue weighted by molar-refractivity contribution is 0.0629. The number of nitrogens with one attached hydrogen (secondary N) is 1. The Kier molecular flexibility index (Phi) is 6.95. The number of fused-ring (bicyclic) bond motifs is 4. The van der Waals surface area contributed by atoms with Crippen LogP contribution < -0.4 is 5.32 Å². The lowest BCUT2D eigenvalue weighted by Crippen LogP contribution is -2.46. The highest BCUT2D eigenvalue weighted by Gasteiger charge is 2.37. The van der Waals surface area contributed by atoms with Gasteiger partial charge in [0.25, 0.3) is 17.7 Å². The van der Waals surface area contributed by atoms with Crippen molar-refractivity contribution in [3.05, 3.63) is 123 Å². The SMILES string of the molecule is O=C(NC(Cc1cccc(F)c1)CN1C(=O)c2ccccc2C1=O)c1cc2c(s1)CCCn1ncc(-c3ccccc3)c1-2. The molecule has 1 N–H and O–H groups in total. The number of benzene rings is 3. The van der Waals surface area contributed by atoms with Gasteiger partial charge in [0.1, 0.15) is 5.82 Å². The van der Waals surface area contributed by atoms with Crippen LogP contribution in [0.4, 0.5) is 4.39 Å². The zero-order valence-corrected chi connectivity index (χ0v) is 23.9. The minimum absolute atomic E-state index is 0.0371. The maximum absolute atomic E-state index is 14.1. The van der Waals surface area contributed by atoms with Gasteiger partial charge in [0.15, 0.2) is 0 Å². The molecule has 214 valence electrons. The van der Waals surface area contributed by atoms with Crippen molar-refractivity contribution in [2.75, 3.05) is 6.54 Å². The number of amides is 3. The largest absolute Gasteiger partial charge is 0.346 e. The monoisotopic (exact) mass is 590 g/mol. The van der Waals surface area contributed by atoms with Crippen LogP contribution in [-0.4, -0.2) is 45.0 Å². The normalized spacial score (nSPS) is 14.6. The van der Waals surface area contributed by atoms with Gasteiger partial charge in [-0.2, -0.15) is 5.10 Å². The van der Waals surface area contributed by atoms with Crippen molar-refractivity contribution in [2.45, 2.75) is 31.8 Å². The number of carbonyl (C=O) groups is 3. The molecule has 0 spiro atoms. The van der Waals surface area contributed by atoms with Gasteiger partial charge in [0, 0.05) is 29.1 Å². The first-order valence-electron chi connectivity index (χ1n) is 14.2. The molecule has 5 aromatic rings. The Labute approximate surface area is 251 Å². The molecule has 1 atom stereocenters. The number of aromatic nitrogens is 2. The Balaban J connectivity index is 1.19. The Morgan fingerprint density at radius 2 is 1.65 bits per heavy atom. The predicted molar refractivity (Wildman–Crippen MR) is 162 cm³/mol. The van der Waals surface area contributed by atoms with Gasteiger partial charge in [-0.1, -0.05) is 54.6 Å². The smallest absolute Gasteiger partial charge is 0.261 e. The van der Waals surface area contributed by atoms with E-state index in [-0.39, 0.29) is 18.9 Å². The third kappa shape index (κ3) is 5.06. The molecule has 0 saturated carbocycles. The van der Waals surface area contributed by atoms with E-state index in [1.54, 1.807) is 36.4 Å². The zero-order valence-electron chi connectivity index (χ0n) is 23.1. The van der Waals surface area contributed by atoms with Crippen LogP contribution in [0.25, 0.3) is 22.4 Å². The first-order valence-corrected chi connectivity index (χ1v) is 15.0. The second-order valence-corrected chi connectivity index (χ2v) is 12.0. The van der Waals surface area contributed by atoms with Crippen molar-refractivity contribution in [3.63, 3.8) is 0 Å². The maximum atomic E-state index is 14.1. The van der Waals surface area contributed by atoms with Gasteiger partial charge in [-0.15, -0.1) is 11.3 Å². The lowest BCUT2D eigenvalue weighted by atomic mass is 10.0. The summed E-state index contributed by atoms with van der Waals surface area (Å²) >= 11 is 1.45. The predicted octanol–water partition coefficient (Wildman–Crippen LogP) is 6.00. The van der Waals surface area contributed by atoms with Crippen molar-refractivity contribution in [1.82, 2.24) is 20.0 Å². The van der Waals surface area contributed by atoms with Crippen LogP contribution in [0.2, 0.25) is 0 Å². The Hall–Kier alpha value is -4.89. The molecule has 0 aliphatic carbocycles. The minimum atomic E-state index is -0.635. The highest BCUT2D eigenvalue weighted by molar-refractivity contribution is 7.14. The van der Waals surface area contributed by atoms with E-state index in [2.05, 4.69) is 22.5 Å². The fraction of sp³-hybridized carbons (Fsp3) is 0.176. The van der Waals surface area contributed by atoms with Crippen LogP contribution in [0.5, 0.6) is 0 Å². The van der Waals surface area contributed by atoms with Crippen LogP contribution in [0.1, 0.15) is 47.2 Å². The summed E-state index contributed by atoms with van der Waals surface area (Å²) in [5.41, 5.74) is 5.41. The average Bonchev–Trinajstić information content (AvgIpc) is 3.66. The molecule has 9 heteroatoms. The molecule has 43 heavy (non-hydrogen) atoms. The first-order chi connectivity index (χ1) is 21.0. The average molecular weight is 591 g/mol. The van der Waals surface area contributed by atoms with E-state index in [4.69, 9.17) is 0 Å². The molecular weight excluding hydrogens is 563 g/mol. The number of thiophene rings is 1. The fourth-order valence-electron chi connectivity index (χ4n) is 5.98. The van der Waals surface area contributed by atoms with E-state index in [9.17, 15) is 18.8 Å². The molecule has 2 aromatic heterocycles. The molecule has 2 aliphatic rings. The zero-order chi connectivity index (χ0) is 29.5. The van der Waals surface area contributed by atoms with Crippen LogP contribution in [0.15, 0.2) is 91.1 Å². The van der Waals surface area contributed by atoms with E-state index in [1.165, 1.54) is 28.4 Å². The molecule has 3 aromatic carbocycles. The van der Waals surface area contributed by atoms with Gasteiger partial charge in [-0.3, -0.25) is 24.0 Å². The van der Waals surface area contributed by atoms with Crippen molar-refractivity contribution >= 4 is 29.1 Å². The van der Waals surface area contributed by atoms with Crippen LogP contribution in [0.3, 0.4) is 0 Å². The van der Waals surface area contributed by atoms with Gasteiger partial charge in [-0.05, 0) is 60.7 Å². The molecule has 2 aliphatic heterocycles. The molecule has 0 fully saturated rings. The summed E-state index contributed by atoms with van der Waals surface area (Å²) in [6.45, 7) is 0.756. The van der Waals surface area contributed by atoms with Gasteiger partial charge in [-0.25, -0.2) is 4.39 Å². The van der Waals surface area contributed by atoms with E-state index in [0.717, 1.165) is 46.6 Å². The molecule has 4 heterocycles. The van der Waals surface area contributed by atoms with Crippen molar-refractivity contribution in [2.24, 2.45) is 0 Å². The number of nitrogens with zero attached hydrogens (tertiary/aromatic N) is 3. The highest BCUT2D eigenvalue weighted by atomic mass is 32.1. The standard InChI is InChI=1S/C34H27FN4O3S/c35-23-11-6-8-21(16-23)17-24(20-38-33(41)25-12-4-5-13-26(25)34(38)42)37-32(40)30-18-27-29(43-30)14-7-15-39-31(27)28(19-36-39)22-9-2-1-3-10-22/h1-6,8-13,16,18-19,24H,7,14-15,17,20H2,(H,37,40). The number of hydrogen-bond acceptors (Lipinski definition) is 5. The quantitative estimate of drug-likeness (QED) is 0.236. The molecule has 3 amide bonds. The molecule has 0 saturated heterocycles.